The van der Waals surface area contributed by atoms with Crippen LogP contribution in [-0.2, 0) is 9.53 Å². The molecule has 4 heteroatoms. The van der Waals surface area contributed by atoms with Crippen molar-refractivity contribution in [2.24, 2.45) is 5.41 Å². The van der Waals surface area contributed by atoms with Crippen LogP contribution in [0.4, 0.5) is 0 Å². The molecule has 2 aliphatic heterocycles. The number of nitrogens with zero attached hydrogens (tertiary/aromatic N) is 1. The lowest BCUT2D eigenvalue weighted by Crippen LogP contribution is -2.46. The zero-order valence-corrected chi connectivity index (χ0v) is 12.2. The lowest BCUT2D eigenvalue weighted by molar-refractivity contribution is -0.137. The van der Waals surface area contributed by atoms with Crippen molar-refractivity contribution in [2.75, 3.05) is 39.4 Å². The minimum Gasteiger partial charge on any atom is -0.381 e. The third-order valence-electron chi connectivity index (χ3n) is 4.57. The summed E-state index contributed by atoms with van der Waals surface area (Å²) >= 11 is 0. The highest BCUT2D eigenvalue weighted by Crippen LogP contribution is 2.35. The average molecular weight is 268 g/mol. The molecule has 0 spiro atoms. The fourth-order valence-corrected chi connectivity index (χ4v) is 3.35. The van der Waals surface area contributed by atoms with Crippen LogP contribution in [0.5, 0.6) is 0 Å². The van der Waals surface area contributed by atoms with Gasteiger partial charge >= 0.3 is 0 Å². The molecule has 0 aromatic carbocycles. The van der Waals surface area contributed by atoms with E-state index in [0.29, 0.717) is 0 Å². The molecule has 0 unspecified atom stereocenters. The Kier molecular flexibility index (Phi) is 5.64. The molecule has 0 atom stereocenters. The number of amides is 1. The summed E-state index contributed by atoms with van der Waals surface area (Å²) in [6.45, 7) is 7.83. The Hall–Kier alpha value is -0.610. The van der Waals surface area contributed by atoms with Gasteiger partial charge < -0.3 is 15.0 Å². The third kappa shape index (κ3) is 3.93. The minimum absolute atomic E-state index is 0.155. The SMILES string of the molecule is CCCC1(C(=O)NCCN2CCCC2)CCOCC1. The van der Waals surface area contributed by atoms with Crippen LogP contribution < -0.4 is 5.32 Å². The first-order chi connectivity index (χ1) is 9.27. The molecule has 1 N–H and O–H groups in total. The second-order valence-corrected chi connectivity index (χ2v) is 5.95. The van der Waals surface area contributed by atoms with Crippen LogP contribution in [0.2, 0.25) is 0 Å². The lowest BCUT2D eigenvalue weighted by atomic mass is 9.75. The normalized spacial score (nSPS) is 23.4. The summed E-state index contributed by atoms with van der Waals surface area (Å²) in [5.41, 5.74) is -0.155. The standard InChI is InChI=1S/C15H28N2O2/c1-2-5-15(6-12-19-13-7-15)14(18)16-8-11-17-9-3-4-10-17/h2-13H2,1H3,(H,16,18). The number of ether oxygens (including phenoxy) is 1. The molecule has 19 heavy (non-hydrogen) atoms. The Morgan fingerprint density at radius 2 is 1.95 bits per heavy atom. The van der Waals surface area contributed by atoms with Gasteiger partial charge in [-0.05, 0) is 45.2 Å². The van der Waals surface area contributed by atoms with Gasteiger partial charge in [-0.25, -0.2) is 0 Å². The van der Waals surface area contributed by atoms with E-state index in [9.17, 15) is 4.79 Å². The molecule has 2 saturated heterocycles. The van der Waals surface area contributed by atoms with Crippen molar-refractivity contribution in [3.05, 3.63) is 0 Å². The van der Waals surface area contributed by atoms with Gasteiger partial charge in [0.15, 0.2) is 0 Å². The third-order valence-corrected chi connectivity index (χ3v) is 4.57. The van der Waals surface area contributed by atoms with Crippen LogP contribution in [0.3, 0.4) is 0 Å². The van der Waals surface area contributed by atoms with Crippen molar-refractivity contribution >= 4 is 5.91 Å². The highest BCUT2D eigenvalue weighted by atomic mass is 16.5. The Morgan fingerprint density at radius 1 is 1.26 bits per heavy atom. The Morgan fingerprint density at radius 3 is 2.58 bits per heavy atom. The predicted molar refractivity (Wildman–Crippen MR) is 76.1 cm³/mol. The van der Waals surface area contributed by atoms with Gasteiger partial charge in [0, 0.05) is 26.3 Å². The topological polar surface area (TPSA) is 41.6 Å². The molecular weight excluding hydrogens is 240 g/mol. The number of likely N-dealkylation sites (tertiary alicyclic amines) is 1. The van der Waals surface area contributed by atoms with Crippen LogP contribution in [-0.4, -0.2) is 50.2 Å². The van der Waals surface area contributed by atoms with Gasteiger partial charge in [-0.3, -0.25) is 4.79 Å². The summed E-state index contributed by atoms with van der Waals surface area (Å²) in [4.78, 5) is 14.9. The summed E-state index contributed by atoms with van der Waals surface area (Å²) in [6, 6.07) is 0. The van der Waals surface area contributed by atoms with Gasteiger partial charge in [0.1, 0.15) is 0 Å². The van der Waals surface area contributed by atoms with Gasteiger partial charge in [0.2, 0.25) is 5.91 Å². The molecule has 2 heterocycles. The Balaban J connectivity index is 1.78. The second-order valence-electron chi connectivity index (χ2n) is 5.95. The summed E-state index contributed by atoms with van der Waals surface area (Å²) in [6.07, 6.45) is 6.45. The largest absolute Gasteiger partial charge is 0.381 e. The molecule has 0 aromatic heterocycles. The zero-order valence-electron chi connectivity index (χ0n) is 12.2. The summed E-state index contributed by atoms with van der Waals surface area (Å²) in [5, 5.41) is 3.17. The molecule has 0 saturated carbocycles. The number of rotatable bonds is 6. The number of carbonyl (C=O) groups excluding carboxylic acids is 1. The van der Waals surface area contributed by atoms with Gasteiger partial charge in [0.05, 0.1) is 5.41 Å². The highest BCUT2D eigenvalue weighted by molar-refractivity contribution is 5.82. The van der Waals surface area contributed by atoms with Gasteiger partial charge in [-0.2, -0.15) is 0 Å². The van der Waals surface area contributed by atoms with Gasteiger partial charge in [-0.15, -0.1) is 0 Å². The van der Waals surface area contributed by atoms with E-state index in [2.05, 4.69) is 17.1 Å². The van der Waals surface area contributed by atoms with E-state index in [1.165, 1.54) is 25.9 Å². The maximum Gasteiger partial charge on any atom is 0.226 e. The van der Waals surface area contributed by atoms with Crippen molar-refractivity contribution in [2.45, 2.75) is 45.4 Å². The molecule has 4 nitrogen and oxygen atoms in total. The highest BCUT2D eigenvalue weighted by Gasteiger charge is 2.38. The predicted octanol–water partition coefficient (Wildman–Crippen LogP) is 1.80. The van der Waals surface area contributed by atoms with Crippen LogP contribution in [0.1, 0.15) is 45.4 Å². The summed E-state index contributed by atoms with van der Waals surface area (Å²) < 4.78 is 5.42. The van der Waals surface area contributed by atoms with Crippen LogP contribution in [0.15, 0.2) is 0 Å². The molecule has 0 aromatic rings. The van der Waals surface area contributed by atoms with Gasteiger partial charge in [0.25, 0.3) is 0 Å². The summed E-state index contributed by atoms with van der Waals surface area (Å²) in [5.74, 6) is 0.261. The van der Waals surface area contributed by atoms with Crippen molar-refractivity contribution in [1.82, 2.24) is 10.2 Å². The Bertz CT molecular complexity index is 276. The van der Waals surface area contributed by atoms with E-state index < -0.39 is 0 Å². The molecule has 2 aliphatic rings. The van der Waals surface area contributed by atoms with Gasteiger partial charge in [-0.1, -0.05) is 13.3 Å². The van der Waals surface area contributed by atoms with E-state index in [4.69, 9.17) is 4.74 Å². The fourth-order valence-electron chi connectivity index (χ4n) is 3.35. The maximum atomic E-state index is 12.5. The quantitative estimate of drug-likeness (QED) is 0.798. The molecule has 2 fully saturated rings. The zero-order chi connectivity index (χ0) is 13.6. The molecule has 2 rings (SSSR count). The van der Waals surface area contributed by atoms with Crippen molar-refractivity contribution in [1.29, 1.82) is 0 Å². The molecule has 0 bridgehead atoms. The maximum absolute atomic E-state index is 12.5. The van der Waals surface area contributed by atoms with E-state index >= 15 is 0 Å². The van der Waals surface area contributed by atoms with Crippen LogP contribution in [0.25, 0.3) is 0 Å². The van der Waals surface area contributed by atoms with E-state index in [1.54, 1.807) is 0 Å². The van der Waals surface area contributed by atoms with Crippen molar-refractivity contribution < 1.29 is 9.53 Å². The molecule has 1 amide bonds. The fraction of sp³-hybridized carbons (Fsp3) is 0.933. The monoisotopic (exact) mass is 268 g/mol. The number of carbonyl (C=O) groups is 1. The number of hydrogen-bond donors (Lipinski definition) is 1. The van der Waals surface area contributed by atoms with Crippen LogP contribution >= 0.6 is 0 Å². The van der Waals surface area contributed by atoms with E-state index in [-0.39, 0.29) is 11.3 Å². The minimum atomic E-state index is -0.155. The molecule has 0 aliphatic carbocycles. The van der Waals surface area contributed by atoms with E-state index in [1.807, 2.05) is 0 Å². The summed E-state index contributed by atoms with van der Waals surface area (Å²) in [7, 11) is 0. The van der Waals surface area contributed by atoms with Crippen LogP contribution in [0, 0.1) is 5.41 Å². The molecule has 0 radical (unpaired) electrons. The average Bonchev–Trinajstić information content (AvgIpc) is 2.93. The first-order valence-corrected chi connectivity index (χ1v) is 7.85. The first kappa shape index (κ1) is 14.8. The van der Waals surface area contributed by atoms with Crippen molar-refractivity contribution in [3.8, 4) is 0 Å². The second kappa shape index (κ2) is 7.25. The number of nitrogens with one attached hydrogen (secondary N) is 1. The molecule has 110 valence electrons. The number of hydrogen-bond acceptors (Lipinski definition) is 3. The van der Waals surface area contributed by atoms with Crippen molar-refractivity contribution in [3.63, 3.8) is 0 Å². The van der Waals surface area contributed by atoms with E-state index in [0.717, 1.165) is 52.0 Å². The first-order valence-electron chi connectivity index (χ1n) is 7.85. The molecular formula is C15H28N2O2. The smallest absolute Gasteiger partial charge is 0.226 e. The lowest BCUT2D eigenvalue weighted by Gasteiger charge is -2.35. The Labute approximate surface area is 116 Å².